The van der Waals surface area contributed by atoms with Gasteiger partial charge < -0.3 is 14.9 Å². The molecule has 3 N–H and O–H groups in total. The lowest BCUT2D eigenvalue weighted by molar-refractivity contribution is -0.123. The summed E-state index contributed by atoms with van der Waals surface area (Å²) in [6.45, 7) is 3.71. The number of amides is 1. The van der Waals surface area contributed by atoms with Crippen molar-refractivity contribution in [1.82, 2.24) is 5.43 Å². The number of halogens is 2. The molecule has 0 aliphatic carbocycles. The summed E-state index contributed by atoms with van der Waals surface area (Å²) in [7, 11) is 0. The van der Waals surface area contributed by atoms with Crippen molar-refractivity contribution >= 4 is 44.0 Å². The smallest absolute Gasteiger partial charge is 0.277 e. The Morgan fingerprint density at radius 1 is 1.16 bits per heavy atom. The monoisotopic (exact) mass is 470 g/mol. The zero-order chi connectivity index (χ0) is 18.6. The number of phenols is 2. The topological polar surface area (TPSA) is 91.2 Å². The molecule has 132 valence electrons. The first-order chi connectivity index (χ1) is 11.8. The minimum Gasteiger partial charge on any atom is -0.506 e. The number of aromatic hydroxyl groups is 2. The molecular formula is C17H16Br2N2O4. The Hall–Kier alpha value is -2.06. The quantitative estimate of drug-likeness (QED) is 0.457. The van der Waals surface area contributed by atoms with Crippen molar-refractivity contribution in [3.63, 3.8) is 0 Å². The Kier molecular flexibility index (Phi) is 6.44. The molecule has 2 aromatic rings. The Morgan fingerprint density at radius 2 is 1.80 bits per heavy atom. The van der Waals surface area contributed by atoms with Crippen LogP contribution in [0.5, 0.6) is 17.2 Å². The molecule has 0 atom stereocenters. The van der Waals surface area contributed by atoms with Crippen LogP contribution in [-0.4, -0.2) is 28.9 Å². The van der Waals surface area contributed by atoms with Crippen LogP contribution in [0.4, 0.5) is 0 Å². The van der Waals surface area contributed by atoms with Crippen molar-refractivity contribution in [3.8, 4) is 17.2 Å². The highest BCUT2D eigenvalue weighted by atomic mass is 79.9. The number of nitrogens with one attached hydrogen (secondary N) is 1. The highest BCUT2D eigenvalue weighted by Gasteiger charge is 2.12. The molecule has 0 unspecified atom stereocenters. The van der Waals surface area contributed by atoms with Crippen LogP contribution in [0.1, 0.15) is 16.7 Å². The van der Waals surface area contributed by atoms with E-state index in [4.69, 9.17) is 4.74 Å². The summed E-state index contributed by atoms with van der Waals surface area (Å²) in [5, 5.41) is 23.3. The fourth-order valence-corrected chi connectivity index (χ4v) is 3.24. The summed E-state index contributed by atoms with van der Waals surface area (Å²) >= 11 is 6.22. The van der Waals surface area contributed by atoms with Gasteiger partial charge in [0.25, 0.3) is 5.91 Å². The third kappa shape index (κ3) is 5.20. The normalized spacial score (nSPS) is 10.9. The molecule has 25 heavy (non-hydrogen) atoms. The molecule has 0 aliphatic rings. The molecule has 0 heterocycles. The largest absolute Gasteiger partial charge is 0.506 e. The number of aryl methyl sites for hydroxylation is 2. The third-order valence-electron chi connectivity index (χ3n) is 3.16. The lowest BCUT2D eigenvalue weighted by atomic mass is 10.1. The molecule has 6 nitrogen and oxygen atoms in total. The highest BCUT2D eigenvalue weighted by molar-refractivity contribution is 9.11. The van der Waals surface area contributed by atoms with E-state index in [0.29, 0.717) is 15.8 Å². The number of phenolic OH excluding ortho intramolecular Hbond substituents is 2. The maximum atomic E-state index is 11.8. The molecule has 8 heteroatoms. The molecule has 2 aromatic carbocycles. The predicted octanol–water partition coefficient (Wildman–Crippen LogP) is 3.77. The average Bonchev–Trinajstić information content (AvgIpc) is 2.55. The molecule has 0 aliphatic heterocycles. The van der Waals surface area contributed by atoms with E-state index in [9.17, 15) is 15.0 Å². The van der Waals surface area contributed by atoms with Gasteiger partial charge in [0.15, 0.2) is 6.61 Å². The number of carbonyl (C=O) groups is 1. The van der Waals surface area contributed by atoms with Crippen molar-refractivity contribution in [2.45, 2.75) is 13.8 Å². The van der Waals surface area contributed by atoms with E-state index >= 15 is 0 Å². The Bertz CT molecular complexity index is 818. The van der Waals surface area contributed by atoms with Crippen LogP contribution in [0.3, 0.4) is 0 Å². The van der Waals surface area contributed by atoms with Gasteiger partial charge >= 0.3 is 0 Å². The van der Waals surface area contributed by atoms with Crippen LogP contribution in [0.25, 0.3) is 0 Å². The van der Waals surface area contributed by atoms with Gasteiger partial charge in [-0.2, -0.15) is 5.10 Å². The number of hydrazone groups is 1. The Morgan fingerprint density at radius 3 is 2.44 bits per heavy atom. The van der Waals surface area contributed by atoms with Crippen LogP contribution >= 0.6 is 31.9 Å². The molecule has 1 amide bonds. The van der Waals surface area contributed by atoms with E-state index in [1.165, 1.54) is 12.3 Å². The van der Waals surface area contributed by atoms with Crippen LogP contribution in [0, 0.1) is 13.8 Å². The molecule has 2 rings (SSSR count). The maximum Gasteiger partial charge on any atom is 0.277 e. The van der Waals surface area contributed by atoms with Gasteiger partial charge in [0.05, 0.1) is 10.7 Å². The molecule has 0 radical (unpaired) electrons. The second-order valence-corrected chi connectivity index (χ2v) is 7.01. The van der Waals surface area contributed by atoms with Gasteiger partial charge in [-0.3, -0.25) is 4.79 Å². The van der Waals surface area contributed by atoms with Crippen molar-refractivity contribution in [2.75, 3.05) is 6.61 Å². The molecule has 0 fully saturated rings. The SMILES string of the molecule is Cc1cc(C)cc(OCC(=O)NN=Cc2cc(Br)c(O)c(Br)c2O)c1. The number of rotatable bonds is 5. The van der Waals surface area contributed by atoms with Crippen LogP contribution < -0.4 is 10.2 Å². The second kappa shape index (κ2) is 8.35. The van der Waals surface area contributed by atoms with Crippen LogP contribution in [0.15, 0.2) is 38.3 Å². The molecule has 0 spiro atoms. The van der Waals surface area contributed by atoms with Crippen molar-refractivity contribution in [3.05, 3.63) is 49.9 Å². The molecular weight excluding hydrogens is 456 g/mol. The fourth-order valence-electron chi connectivity index (χ4n) is 2.09. The predicted molar refractivity (Wildman–Crippen MR) is 102 cm³/mol. The van der Waals surface area contributed by atoms with Gasteiger partial charge in [0, 0.05) is 5.56 Å². The van der Waals surface area contributed by atoms with E-state index in [1.54, 1.807) is 0 Å². The number of hydrogen-bond donors (Lipinski definition) is 3. The molecule has 0 saturated heterocycles. The van der Waals surface area contributed by atoms with Gasteiger partial charge in [-0.15, -0.1) is 0 Å². The number of carbonyl (C=O) groups excluding carboxylic acids is 1. The van der Waals surface area contributed by atoms with E-state index in [-0.39, 0.29) is 22.6 Å². The standard InChI is InChI=1S/C17H16Br2N2O4/c1-9-3-10(2)5-12(4-9)25-8-14(22)21-20-7-11-6-13(18)17(24)15(19)16(11)23/h3-7,23-24H,8H2,1-2H3,(H,21,22). The average molecular weight is 472 g/mol. The first-order valence-corrected chi connectivity index (χ1v) is 8.79. The maximum absolute atomic E-state index is 11.8. The molecule has 0 bridgehead atoms. The van der Waals surface area contributed by atoms with Gasteiger partial charge in [-0.1, -0.05) is 6.07 Å². The van der Waals surface area contributed by atoms with E-state index in [1.807, 2.05) is 32.0 Å². The number of benzene rings is 2. The fraction of sp³-hybridized carbons (Fsp3) is 0.176. The Balaban J connectivity index is 1.95. The summed E-state index contributed by atoms with van der Waals surface area (Å²) in [6.07, 6.45) is 1.26. The van der Waals surface area contributed by atoms with Gasteiger partial charge in [0.2, 0.25) is 0 Å². The summed E-state index contributed by atoms with van der Waals surface area (Å²) in [6, 6.07) is 7.16. The minimum atomic E-state index is -0.438. The summed E-state index contributed by atoms with van der Waals surface area (Å²) < 4.78 is 5.94. The minimum absolute atomic E-state index is 0.125. The van der Waals surface area contributed by atoms with Crippen LogP contribution in [0.2, 0.25) is 0 Å². The second-order valence-electron chi connectivity index (χ2n) is 5.36. The van der Waals surface area contributed by atoms with Gasteiger partial charge in [0.1, 0.15) is 21.7 Å². The first-order valence-electron chi connectivity index (χ1n) is 7.21. The highest BCUT2D eigenvalue weighted by Crippen LogP contribution is 2.40. The lowest BCUT2D eigenvalue weighted by Gasteiger charge is -2.08. The summed E-state index contributed by atoms with van der Waals surface area (Å²) in [5.74, 6) is -0.141. The van der Waals surface area contributed by atoms with E-state index < -0.39 is 5.91 Å². The Labute approximate surface area is 161 Å². The molecule has 0 saturated carbocycles. The lowest BCUT2D eigenvalue weighted by Crippen LogP contribution is -2.24. The zero-order valence-electron chi connectivity index (χ0n) is 13.5. The number of hydrogen-bond acceptors (Lipinski definition) is 5. The first kappa shape index (κ1) is 19.3. The van der Waals surface area contributed by atoms with Crippen molar-refractivity contribution in [1.29, 1.82) is 0 Å². The number of nitrogens with zero attached hydrogens (tertiary/aromatic N) is 1. The summed E-state index contributed by atoms with van der Waals surface area (Å²) in [5.41, 5.74) is 4.72. The van der Waals surface area contributed by atoms with E-state index in [0.717, 1.165) is 11.1 Å². The van der Waals surface area contributed by atoms with Crippen molar-refractivity contribution in [2.24, 2.45) is 5.10 Å². The van der Waals surface area contributed by atoms with E-state index in [2.05, 4.69) is 42.4 Å². The van der Waals surface area contributed by atoms with Gasteiger partial charge in [-0.05, 0) is 75.0 Å². The summed E-state index contributed by atoms with van der Waals surface area (Å²) in [4.78, 5) is 11.8. The van der Waals surface area contributed by atoms with Crippen molar-refractivity contribution < 1.29 is 19.7 Å². The number of ether oxygens (including phenoxy) is 1. The molecule has 0 aromatic heterocycles. The third-order valence-corrected chi connectivity index (χ3v) is 4.51. The van der Waals surface area contributed by atoms with Crippen LogP contribution in [-0.2, 0) is 4.79 Å². The zero-order valence-corrected chi connectivity index (χ0v) is 16.7. The van der Waals surface area contributed by atoms with Gasteiger partial charge in [-0.25, -0.2) is 5.43 Å².